The van der Waals surface area contributed by atoms with Crippen LogP contribution in [0, 0.1) is 0 Å². The molecule has 0 aliphatic carbocycles. The van der Waals surface area contributed by atoms with Crippen LogP contribution in [-0.4, -0.2) is 29.1 Å². The molecule has 94 valence electrons. The molecule has 1 unspecified atom stereocenters. The van der Waals surface area contributed by atoms with Gasteiger partial charge in [-0.1, -0.05) is 0 Å². The van der Waals surface area contributed by atoms with Crippen molar-refractivity contribution in [1.29, 1.82) is 0 Å². The van der Waals surface area contributed by atoms with Crippen LogP contribution in [0.15, 0.2) is 10.1 Å². The first-order valence-corrected chi connectivity index (χ1v) is 7.13. The van der Waals surface area contributed by atoms with E-state index in [2.05, 4.69) is 40.1 Å². The van der Waals surface area contributed by atoms with Crippen LogP contribution in [0.5, 0.6) is 0 Å². The van der Waals surface area contributed by atoms with Gasteiger partial charge in [0.25, 0.3) is 5.91 Å². The zero-order chi connectivity index (χ0) is 12.5. The van der Waals surface area contributed by atoms with Crippen molar-refractivity contribution in [3.8, 4) is 0 Å². The van der Waals surface area contributed by atoms with E-state index in [0.29, 0.717) is 11.5 Å². The van der Waals surface area contributed by atoms with Gasteiger partial charge in [0, 0.05) is 12.6 Å². The Hall–Kier alpha value is -0.460. The van der Waals surface area contributed by atoms with Gasteiger partial charge >= 0.3 is 0 Å². The summed E-state index contributed by atoms with van der Waals surface area (Å²) in [5.41, 5.74) is -0.148. The Morgan fingerprint density at radius 3 is 3.06 bits per heavy atom. The maximum atomic E-state index is 11.9. The highest BCUT2D eigenvalue weighted by Crippen LogP contribution is 2.25. The summed E-state index contributed by atoms with van der Waals surface area (Å²) in [5, 5.41) is 3.03. The zero-order valence-electron chi connectivity index (χ0n) is 9.83. The molecular formula is C11H15BrN2O2S. The molecule has 1 amide bonds. The smallest absolute Gasteiger partial charge is 0.263 e. The van der Waals surface area contributed by atoms with Gasteiger partial charge in [0.05, 0.1) is 11.8 Å². The number of amides is 1. The number of carbonyl (C=O) groups is 1. The van der Waals surface area contributed by atoms with E-state index in [1.807, 2.05) is 0 Å². The Morgan fingerprint density at radius 1 is 1.71 bits per heavy atom. The minimum atomic E-state index is -0.148. The van der Waals surface area contributed by atoms with Crippen LogP contribution in [0.4, 0.5) is 0 Å². The van der Waals surface area contributed by atoms with E-state index in [9.17, 15) is 4.79 Å². The predicted octanol–water partition coefficient (Wildman–Crippen LogP) is 2.59. The molecule has 0 bridgehead atoms. The van der Waals surface area contributed by atoms with E-state index in [-0.39, 0.29) is 17.6 Å². The van der Waals surface area contributed by atoms with Crippen LogP contribution >= 0.6 is 27.3 Å². The molecule has 1 fully saturated rings. The lowest BCUT2D eigenvalue weighted by Gasteiger charge is -2.35. The third-order valence-corrected chi connectivity index (χ3v) is 4.21. The first-order valence-electron chi connectivity index (χ1n) is 5.52. The number of halogens is 1. The van der Waals surface area contributed by atoms with E-state index >= 15 is 0 Å². The first kappa shape index (κ1) is 13.0. The Bertz CT molecular complexity index is 419. The topological polar surface area (TPSA) is 51.2 Å². The minimum Gasteiger partial charge on any atom is -0.375 e. The summed E-state index contributed by atoms with van der Waals surface area (Å²) < 4.78 is 6.35. The molecule has 1 N–H and O–H groups in total. The van der Waals surface area contributed by atoms with Gasteiger partial charge in [-0.25, -0.2) is 4.98 Å². The number of rotatable bonds is 2. The van der Waals surface area contributed by atoms with Crippen LogP contribution < -0.4 is 5.32 Å². The standard InChI is InChI=1S/C11H15BrN2O2S/c1-11(2)5-7(3-4-16-11)14-9(15)8-6-13-10(12)17-8/h6-7H,3-5H2,1-2H3,(H,14,15). The molecule has 1 atom stereocenters. The molecule has 1 aliphatic rings. The molecule has 4 nitrogen and oxygen atoms in total. The summed E-state index contributed by atoms with van der Waals surface area (Å²) in [6.45, 7) is 4.80. The second-order valence-electron chi connectivity index (χ2n) is 4.75. The molecule has 1 aromatic rings. The molecule has 1 saturated heterocycles. The van der Waals surface area contributed by atoms with Crippen molar-refractivity contribution in [2.24, 2.45) is 0 Å². The van der Waals surface area contributed by atoms with E-state index in [1.54, 1.807) is 6.20 Å². The number of aromatic nitrogens is 1. The Morgan fingerprint density at radius 2 is 2.47 bits per heavy atom. The summed E-state index contributed by atoms with van der Waals surface area (Å²) in [6.07, 6.45) is 3.31. The minimum absolute atomic E-state index is 0.0455. The maximum Gasteiger partial charge on any atom is 0.263 e. The summed E-state index contributed by atoms with van der Waals surface area (Å²) in [6, 6.07) is 0.187. The van der Waals surface area contributed by atoms with Crippen molar-refractivity contribution < 1.29 is 9.53 Å². The molecule has 2 rings (SSSR count). The second kappa shape index (κ2) is 5.04. The highest BCUT2D eigenvalue weighted by Gasteiger charge is 2.30. The van der Waals surface area contributed by atoms with Crippen molar-refractivity contribution in [3.63, 3.8) is 0 Å². The monoisotopic (exact) mass is 318 g/mol. The highest BCUT2D eigenvalue weighted by atomic mass is 79.9. The van der Waals surface area contributed by atoms with E-state index < -0.39 is 0 Å². The van der Waals surface area contributed by atoms with Gasteiger partial charge in [-0.3, -0.25) is 4.79 Å². The summed E-state index contributed by atoms with van der Waals surface area (Å²) in [4.78, 5) is 16.6. The average Bonchev–Trinajstić information content (AvgIpc) is 2.63. The van der Waals surface area contributed by atoms with Gasteiger partial charge in [-0.2, -0.15) is 0 Å². The molecule has 17 heavy (non-hydrogen) atoms. The molecule has 0 aromatic carbocycles. The molecule has 0 radical (unpaired) electrons. The normalized spacial score (nSPS) is 23.4. The average molecular weight is 319 g/mol. The number of hydrogen-bond donors (Lipinski definition) is 1. The van der Waals surface area contributed by atoms with Gasteiger partial charge < -0.3 is 10.1 Å². The first-order chi connectivity index (χ1) is 7.96. The fourth-order valence-electron chi connectivity index (χ4n) is 1.97. The lowest BCUT2D eigenvalue weighted by atomic mass is 9.94. The molecule has 0 saturated carbocycles. The third-order valence-electron chi connectivity index (χ3n) is 2.73. The fraction of sp³-hybridized carbons (Fsp3) is 0.636. The van der Waals surface area contributed by atoms with Crippen LogP contribution in [0.3, 0.4) is 0 Å². The van der Waals surface area contributed by atoms with Crippen LogP contribution in [0.1, 0.15) is 36.4 Å². The lowest BCUT2D eigenvalue weighted by molar-refractivity contribution is -0.0615. The molecule has 2 heterocycles. The predicted molar refractivity (Wildman–Crippen MR) is 70.3 cm³/mol. The molecule has 0 spiro atoms. The van der Waals surface area contributed by atoms with Gasteiger partial charge in [0.15, 0.2) is 3.92 Å². The maximum absolute atomic E-state index is 11.9. The summed E-state index contributed by atoms with van der Waals surface area (Å²) >= 11 is 4.60. The Labute approximate surface area is 113 Å². The summed E-state index contributed by atoms with van der Waals surface area (Å²) in [7, 11) is 0. The van der Waals surface area contributed by atoms with Crippen LogP contribution in [-0.2, 0) is 4.74 Å². The third kappa shape index (κ3) is 3.50. The van der Waals surface area contributed by atoms with E-state index in [1.165, 1.54) is 11.3 Å². The number of nitrogens with one attached hydrogen (secondary N) is 1. The highest BCUT2D eigenvalue weighted by molar-refractivity contribution is 9.11. The number of ether oxygens (including phenoxy) is 1. The van der Waals surface area contributed by atoms with Gasteiger partial charge in [-0.15, -0.1) is 11.3 Å². The van der Waals surface area contributed by atoms with Crippen molar-refractivity contribution in [3.05, 3.63) is 15.0 Å². The lowest BCUT2D eigenvalue weighted by Crippen LogP contribution is -2.45. The second-order valence-corrected chi connectivity index (χ2v) is 7.06. The number of nitrogens with zero attached hydrogens (tertiary/aromatic N) is 1. The van der Waals surface area contributed by atoms with Crippen molar-refractivity contribution in [2.75, 3.05) is 6.61 Å². The number of thiazole rings is 1. The number of carbonyl (C=O) groups excluding carboxylic acids is 1. The SMILES string of the molecule is CC1(C)CC(NC(=O)c2cnc(Br)s2)CCO1. The zero-order valence-corrected chi connectivity index (χ0v) is 12.2. The molecule has 1 aromatic heterocycles. The Balaban J connectivity index is 1.95. The van der Waals surface area contributed by atoms with Gasteiger partial charge in [-0.05, 0) is 42.6 Å². The molecular weight excluding hydrogens is 304 g/mol. The van der Waals surface area contributed by atoms with E-state index in [4.69, 9.17) is 4.74 Å². The summed E-state index contributed by atoms with van der Waals surface area (Å²) in [5.74, 6) is -0.0455. The number of hydrogen-bond acceptors (Lipinski definition) is 4. The van der Waals surface area contributed by atoms with Crippen molar-refractivity contribution in [2.45, 2.75) is 38.3 Å². The largest absolute Gasteiger partial charge is 0.375 e. The molecule has 1 aliphatic heterocycles. The van der Waals surface area contributed by atoms with E-state index in [0.717, 1.165) is 16.8 Å². The van der Waals surface area contributed by atoms with Crippen molar-refractivity contribution in [1.82, 2.24) is 10.3 Å². The fourth-order valence-corrected chi connectivity index (χ4v) is 3.14. The van der Waals surface area contributed by atoms with Crippen LogP contribution in [0.25, 0.3) is 0 Å². The van der Waals surface area contributed by atoms with Gasteiger partial charge in [0.1, 0.15) is 4.88 Å². The van der Waals surface area contributed by atoms with Crippen LogP contribution in [0.2, 0.25) is 0 Å². The quantitative estimate of drug-likeness (QED) is 0.911. The molecule has 6 heteroatoms. The van der Waals surface area contributed by atoms with Crippen molar-refractivity contribution >= 4 is 33.2 Å². The van der Waals surface area contributed by atoms with Gasteiger partial charge in [0.2, 0.25) is 0 Å². The Kier molecular flexibility index (Phi) is 3.85.